The minimum atomic E-state index is 0.689. The molecule has 0 N–H and O–H groups in total. The van der Waals surface area contributed by atoms with Gasteiger partial charge in [-0.3, -0.25) is 4.90 Å². The van der Waals surface area contributed by atoms with E-state index in [0.717, 1.165) is 25.3 Å². The standard InChI is InChI=1S/C16H19N3O2/c1-12-17-16(21-18-12)11-19-9-7-14(8-10-19)13-3-5-15(20-2)6-4-13/h3-7H,8-11H2,1-2H3. The number of ether oxygens (including phenoxy) is 1. The van der Waals surface area contributed by atoms with Gasteiger partial charge in [0.15, 0.2) is 5.82 Å². The van der Waals surface area contributed by atoms with E-state index in [1.54, 1.807) is 7.11 Å². The fourth-order valence-corrected chi connectivity index (χ4v) is 2.52. The Kier molecular flexibility index (Phi) is 4.01. The van der Waals surface area contributed by atoms with Crippen molar-refractivity contribution in [2.24, 2.45) is 0 Å². The lowest BCUT2D eigenvalue weighted by Gasteiger charge is -2.25. The van der Waals surface area contributed by atoms with Crippen LogP contribution in [-0.2, 0) is 6.54 Å². The summed E-state index contributed by atoms with van der Waals surface area (Å²) in [6.07, 6.45) is 3.30. The molecule has 0 fully saturated rings. The minimum absolute atomic E-state index is 0.689. The molecule has 3 rings (SSSR count). The second kappa shape index (κ2) is 6.10. The number of aromatic nitrogens is 2. The molecule has 0 unspecified atom stereocenters. The number of hydrogen-bond acceptors (Lipinski definition) is 5. The van der Waals surface area contributed by atoms with Crippen molar-refractivity contribution in [1.29, 1.82) is 0 Å². The summed E-state index contributed by atoms with van der Waals surface area (Å²) in [4.78, 5) is 6.55. The monoisotopic (exact) mass is 285 g/mol. The van der Waals surface area contributed by atoms with Crippen LogP contribution < -0.4 is 4.74 Å². The molecule has 2 aromatic rings. The Labute approximate surface area is 124 Å². The molecule has 5 nitrogen and oxygen atoms in total. The molecule has 21 heavy (non-hydrogen) atoms. The number of methoxy groups -OCH3 is 1. The third-order valence-corrected chi connectivity index (χ3v) is 3.68. The topological polar surface area (TPSA) is 51.4 Å². The molecule has 110 valence electrons. The van der Waals surface area contributed by atoms with E-state index in [0.29, 0.717) is 18.3 Å². The number of nitrogens with zero attached hydrogens (tertiary/aromatic N) is 3. The molecule has 1 aromatic carbocycles. The zero-order chi connectivity index (χ0) is 14.7. The molecule has 0 atom stereocenters. The van der Waals surface area contributed by atoms with E-state index in [1.807, 2.05) is 19.1 Å². The van der Waals surface area contributed by atoms with Gasteiger partial charge in [-0.25, -0.2) is 0 Å². The van der Waals surface area contributed by atoms with Crippen LogP contribution in [0.5, 0.6) is 5.75 Å². The highest BCUT2D eigenvalue weighted by molar-refractivity contribution is 5.67. The smallest absolute Gasteiger partial charge is 0.240 e. The summed E-state index contributed by atoms with van der Waals surface area (Å²) in [5.41, 5.74) is 2.65. The molecule has 0 aliphatic carbocycles. The van der Waals surface area contributed by atoms with Gasteiger partial charge in [-0.15, -0.1) is 0 Å². The van der Waals surface area contributed by atoms with E-state index in [9.17, 15) is 0 Å². The number of hydrogen-bond donors (Lipinski definition) is 0. The minimum Gasteiger partial charge on any atom is -0.497 e. The normalized spacial score (nSPS) is 15.8. The molecule has 1 aliphatic rings. The molecule has 2 heterocycles. The number of benzene rings is 1. The SMILES string of the molecule is COc1ccc(C2=CCN(Cc3nc(C)no3)CC2)cc1. The molecule has 0 saturated carbocycles. The van der Waals surface area contributed by atoms with Gasteiger partial charge < -0.3 is 9.26 Å². The van der Waals surface area contributed by atoms with Crippen LogP contribution in [0.2, 0.25) is 0 Å². The molecule has 0 radical (unpaired) electrons. The highest BCUT2D eigenvalue weighted by Crippen LogP contribution is 2.24. The fraction of sp³-hybridized carbons (Fsp3) is 0.375. The van der Waals surface area contributed by atoms with E-state index >= 15 is 0 Å². The van der Waals surface area contributed by atoms with E-state index in [2.05, 4.69) is 33.2 Å². The highest BCUT2D eigenvalue weighted by Gasteiger charge is 2.15. The summed E-state index contributed by atoms with van der Waals surface area (Å²) < 4.78 is 10.4. The maximum Gasteiger partial charge on any atom is 0.240 e. The van der Waals surface area contributed by atoms with Crippen LogP contribution in [-0.4, -0.2) is 35.2 Å². The molecule has 5 heteroatoms. The van der Waals surface area contributed by atoms with Crippen molar-refractivity contribution in [3.8, 4) is 5.75 Å². The van der Waals surface area contributed by atoms with Crippen molar-refractivity contribution < 1.29 is 9.26 Å². The Morgan fingerprint density at radius 3 is 2.67 bits per heavy atom. The third-order valence-electron chi connectivity index (χ3n) is 3.68. The van der Waals surface area contributed by atoms with Crippen molar-refractivity contribution in [3.05, 3.63) is 47.6 Å². The maximum absolute atomic E-state index is 5.19. The number of aryl methyl sites for hydroxylation is 1. The van der Waals surface area contributed by atoms with Crippen molar-refractivity contribution in [2.75, 3.05) is 20.2 Å². The summed E-state index contributed by atoms with van der Waals surface area (Å²) in [6.45, 7) is 4.46. The van der Waals surface area contributed by atoms with Gasteiger partial charge >= 0.3 is 0 Å². The van der Waals surface area contributed by atoms with E-state index in [1.165, 1.54) is 11.1 Å². The molecular weight excluding hydrogens is 266 g/mol. The van der Waals surface area contributed by atoms with Gasteiger partial charge in [0.2, 0.25) is 5.89 Å². The summed E-state index contributed by atoms with van der Waals surface area (Å²) in [5.74, 6) is 2.27. The molecule has 1 aromatic heterocycles. The predicted octanol–water partition coefficient (Wildman–Crippen LogP) is 2.68. The van der Waals surface area contributed by atoms with Gasteiger partial charge in [0.25, 0.3) is 0 Å². The van der Waals surface area contributed by atoms with Crippen LogP contribution in [0, 0.1) is 6.92 Å². The first-order chi connectivity index (χ1) is 10.2. The van der Waals surface area contributed by atoms with Gasteiger partial charge in [0.05, 0.1) is 13.7 Å². The first kappa shape index (κ1) is 13.8. The lowest BCUT2D eigenvalue weighted by atomic mass is 9.99. The van der Waals surface area contributed by atoms with E-state index < -0.39 is 0 Å². The van der Waals surface area contributed by atoms with Crippen molar-refractivity contribution in [1.82, 2.24) is 15.0 Å². The van der Waals surface area contributed by atoms with Crippen molar-refractivity contribution in [3.63, 3.8) is 0 Å². The van der Waals surface area contributed by atoms with Crippen molar-refractivity contribution in [2.45, 2.75) is 19.9 Å². The zero-order valence-electron chi connectivity index (χ0n) is 12.4. The third kappa shape index (κ3) is 3.31. The maximum atomic E-state index is 5.19. The first-order valence-corrected chi connectivity index (χ1v) is 7.09. The van der Waals surface area contributed by atoms with Gasteiger partial charge in [0, 0.05) is 13.1 Å². The highest BCUT2D eigenvalue weighted by atomic mass is 16.5. The van der Waals surface area contributed by atoms with E-state index in [-0.39, 0.29) is 0 Å². The molecule has 0 saturated heterocycles. The number of rotatable bonds is 4. The Bertz CT molecular complexity index is 631. The molecule has 1 aliphatic heterocycles. The van der Waals surface area contributed by atoms with E-state index in [4.69, 9.17) is 9.26 Å². The quantitative estimate of drug-likeness (QED) is 0.864. The Morgan fingerprint density at radius 2 is 2.10 bits per heavy atom. The van der Waals surface area contributed by atoms with Crippen LogP contribution in [0.15, 0.2) is 34.9 Å². The molecular formula is C16H19N3O2. The van der Waals surface area contributed by atoms with Gasteiger partial charge in [-0.1, -0.05) is 23.4 Å². The Morgan fingerprint density at radius 1 is 1.29 bits per heavy atom. The zero-order valence-corrected chi connectivity index (χ0v) is 12.4. The lowest BCUT2D eigenvalue weighted by molar-refractivity contribution is 0.245. The van der Waals surface area contributed by atoms with Gasteiger partial charge in [-0.05, 0) is 36.6 Å². The second-order valence-corrected chi connectivity index (χ2v) is 5.18. The van der Waals surface area contributed by atoms with Crippen LogP contribution in [0.3, 0.4) is 0 Å². The Hall–Kier alpha value is -2.14. The summed E-state index contributed by atoms with van der Waals surface area (Å²) in [5, 5.41) is 3.82. The Balaban J connectivity index is 1.63. The largest absolute Gasteiger partial charge is 0.497 e. The van der Waals surface area contributed by atoms with Gasteiger partial charge in [-0.2, -0.15) is 4.98 Å². The molecule has 0 spiro atoms. The molecule has 0 amide bonds. The summed E-state index contributed by atoms with van der Waals surface area (Å²) in [7, 11) is 1.69. The second-order valence-electron chi connectivity index (χ2n) is 5.18. The summed E-state index contributed by atoms with van der Waals surface area (Å²) in [6, 6.07) is 8.23. The predicted molar refractivity (Wildman–Crippen MR) is 79.9 cm³/mol. The average molecular weight is 285 g/mol. The lowest BCUT2D eigenvalue weighted by Crippen LogP contribution is -2.28. The fourth-order valence-electron chi connectivity index (χ4n) is 2.52. The van der Waals surface area contributed by atoms with Crippen LogP contribution >= 0.6 is 0 Å². The molecule has 0 bridgehead atoms. The van der Waals surface area contributed by atoms with Crippen LogP contribution in [0.4, 0.5) is 0 Å². The summed E-state index contributed by atoms with van der Waals surface area (Å²) >= 11 is 0. The van der Waals surface area contributed by atoms with Crippen LogP contribution in [0.1, 0.15) is 23.7 Å². The average Bonchev–Trinajstić information content (AvgIpc) is 2.93. The van der Waals surface area contributed by atoms with Crippen molar-refractivity contribution >= 4 is 5.57 Å². The first-order valence-electron chi connectivity index (χ1n) is 7.09. The van der Waals surface area contributed by atoms with Gasteiger partial charge in [0.1, 0.15) is 5.75 Å². The van der Waals surface area contributed by atoms with Crippen LogP contribution in [0.25, 0.3) is 5.57 Å².